The van der Waals surface area contributed by atoms with E-state index in [0.29, 0.717) is 29.4 Å². The minimum absolute atomic E-state index is 0.0642. The Bertz CT molecular complexity index is 1540. The predicted molar refractivity (Wildman–Crippen MR) is 125 cm³/mol. The Morgan fingerprint density at radius 3 is 2.58 bits per heavy atom. The van der Waals surface area contributed by atoms with Crippen molar-refractivity contribution in [3.8, 4) is 0 Å². The maximum absolute atomic E-state index is 13.0. The van der Waals surface area contributed by atoms with Crippen LogP contribution in [0.2, 0.25) is 0 Å². The molecule has 5 rings (SSSR count). The number of carbonyl (C=O) groups excluding carboxylic acids is 1. The van der Waals surface area contributed by atoms with E-state index in [1.165, 1.54) is 24.3 Å². The number of fused-ring (bicyclic) bond motifs is 3. The normalized spacial score (nSPS) is 13.5. The zero-order chi connectivity index (χ0) is 21.8. The standard InChI is InChI=1S/C23H18N2O4S2/c1-14(26)25-11-10-15-12-17(7-8-20(15)25)31(28,29)24-16-6-9-22-19(13-16)23(27)18-4-2-3-5-21(18)30-22/h2-9,12-13,24H,10-11H2,1H3. The van der Waals surface area contributed by atoms with E-state index < -0.39 is 10.0 Å². The number of sulfonamides is 1. The number of carbonyl (C=O) groups is 1. The molecule has 0 radical (unpaired) electrons. The second-order valence-corrected chi connectivity index (χ2v) is 10.2. The molecular weight excluding hydrogens is 432 g/mol. The highest BCUT2D eigenvalue weighted by Crippen LogP contribution is 2.31. The van der Waals surface area contributed by atoms with Gasteiger partial charge >= 0.3 is 0 Å². The molecule has 1 aliphatic heterocycles. The average molecular weight is 451 g/mol. The van der Waals surface area contributed by atoms with E-state index in [-0.39, 0.29) is 16.2 Å². The minimum atomic E-state index is -3.85. The first-order chi connectivity index (χ1) is 14.8. The predicted octanol–water partition coefficient (Wildman–Crippen LogP) is 4.12. The van der Waals surface area contributed by atoms with Crippen LogP contribution in [0.25, 0.3) is 20.2 Å². The summed E-state index contributed by atoms with van der Waals surface area (Å²) in [6.07, 6.45) is 0.613. The molecule has 156 valence electrons. The molecular formula is C23H18N2O4S2. The monoisotopic (exact) mass is 450 g/mol. The van der Waals surface area contributed by atoms with Crippen molar-refractivity contribution >= 4 is 58.8 Å². The van der Waals surface area contributed by atoms with Crippen molar-refractivity contribution in [2.75, 3.05) is 16.2 Å². The fourth-order valence-electron chi connectivity index (χ4n) is 3.95. The van der Waals surface area contributed by atoms with E-state index in [1.54, 1.807) is 41.3 Å². The molecule has 2 heterocycles. The van der Waals surface area contributed by atoms with Crippen molar-refractivity contribution in [2.24, 2.45) is 0 Å². The van der Waals surface area contributed by atoms with E-state index in [4.69, 9.17) is 0 Å². The van der Waals surface area contributed by atoms with Crippen LogP contribution in [-0.2, 0) is 21.2 Å². The number of hydrogen-bond acceptors (Lipinski definition) is 5. The Balaban J connectivity index is 1.52. The summed E-state index contributed by atoms with van der Waals surface area (Å²) < 4.78 is 30.2. The van der Waals surface area contributed by atoms with Gasteiger partial charge in [-0.3, -0.25) is 14.3 Å². The number of anilines is 2. The third kappa shape index (κ3) is 3.37. The summed E-state index contributed by atoms with van der Waals surface area (Å²) in [4.78, 5) is 26.4. The molecule has 0 unspecified atom stereocenters. The first-order valence-electron chi connectivity index (χ1n) is 9.73. The van der Waals surface area contributed by atoms with Gasteiger partial charge in [0.05, 0.1) is 4.90 Å². The number of hydrogen-bond donors (Lipinski definition) is 1. The van der Waals surface area contributed by atoms with Gasteiger partial charge in [-0.25, -0.2) is 8.42 Å². The average Bonchev–Trinajstić information content (AvgIpc) is 3.18. The van der Waals surface area contributed by atoms with Crippen molar-refractivity contribution in [3.63, 3.8) is 0 Å². The molecule has 0 bridgehead atoms. The Kier molecular flexibility index (Phi) is 4.56. The minimum Gasteiger partial charge on any atom is -0.312 e. The van der Waals surface area contributed by atoms with Crippen LogP contribution in [0.5, 0.6) is 0 Å². The Labute approximate surface area is 182 Å². The van der Waals surface area contributed by atoms with E-state index in [2.05, 4.69) is 4.72 Å². The molecule has 4 aromatic rings. The van der Waals surface area contributed by atoms with Gasteiger partial charge in [-0.15, -0.1) is 11.3 Å². The highest BCUT2D eigenvalue weighted by Gasteiger charge is 2.25. The number of amides is 1. The highest BCUT2D eigenvalue weighted by atomic mass is 32.2. The molecule has 0 fully saturated rings. The molecule has 31 heavy (non-hydrogen) atoms. The number of nitrogens with one attached hydrogen (secondary N) is 1. The van der Waals surface area contributed by atoms with Gasteiger partial charge in [0, 0.05) is 45.0 Å². The SMILES string of the molecule is CC(=O)N1CCc2cc(S(=O)(=O)Nc3ccc4sc5ccccc5c(=O)c4c3)ccc21. The van der Waals surface area contributed by atoms with Crippen molar-refractivity contribution in [2.45, 2.75) is 18.2 Å². The molecule has 0 aliphatic carbocycles. The van der Waals surface area contributed by atoms with Gasteiger partial charge in [-0.2, -0.15) is 0 Å². The van der Waals surface area contributed by atoms with E-state index in [1.807, 2.05) is 18.2 Å². The summed E-state index contributed by atoms with van der Waals surface area (Å²) in [7, 11) is -3.85. The summed E-state index contributed by atoms with van der Waals surface area (Å²) >= 11 is 1.50. The van der Waals surface area contributed by atoms with Crippen molar-refractivity contribution in [1.82, 2.24) is 0 Å². The molecule has 1 aliphatic rings. The van der Waals surface area contributed by atoms with Crippen LogP contribution < -0.4 is 15.1 Å². The Morgan fingerprint density at radius 2 is 1.77 bits per heavy atom. The van der Waals surface area contributed by atoms with Crippen LogP contribution >= 0.6 is 11.3 Å². The van der Waals surface area contributed by atoms with Gasteiger partial charge in [0.2, 0.25) is 5.91 Å². The van der Waals surface area contributed by atoms with Crippen LogP contribution in [0.3, 0.4) is 0 Å². The number of benzene rings is 3. The molecule has 0 atom stereocenters. The third-order valence-electron chi connectivity index (χ3n) is 5.46. The third-order valence-corrected chi connectivity index (χ3v) is 8.00. The number of nitrogens with zero attached hydrogens (tertiary/aromatic N) is 1. The van der Waals surface area contributed by atoms with Crippen LogP contribution in [0.1, 0.15) is 12.5 Å². The number of rotatable bonds is 3. The lowest BCUT2D eigenvalue weighted by Gasteiger charge is -2.15. The summed E-state index contributed by atoms with van der Waals surface area (Å²) in [5.41, 5.74) is 1.79. The molecule has 1 N–H and O–H groups in total. The van der Waals surface area contributed by atoms with Gasteiger partial charge in [0.15, 0.2) is 5.43 Å². The van der Waals surface area contributed by atoms with Gasteiger partial charge in [0.1, 0.15) is 0 Å². The molecule has 3 aromatic carbocycles. The van der Waals surface area contributed by atoms with Crippen molar-refractivity contribution < 1.29 is 13.2 Å². The lowest BCUT2D eigenvalue weighted by molar-refractivity contribution is -0.116. The summed E-state index contributed by atoms with van der Waals surface area (Å²) in [5.74, 6) is -0.0642. The summed E-state index contributed by atoms with van der Waals surface area (Å²) in [6, 6.07) is 17.2. The Hall–Kier alpha value is -3.23. The molecule has 0 spiro atoms. The van der Waals surface area contributed by atoms with Gasteiger partial charge in [-0.1, -0.05) is 12.1 Å². The van der Waals surface area contributed by atoms with E-state index >= 15 is 0 Å². The lowest BCUT2D eigenvalue weighted by Crippen LogP contribution is -2.25. The van der Waals surface area contributed by atoms with Crippen molar-refractivity contribution in [3.05, 3.63) is 76.5 Å². The molecule has 1 aromatic heterocycles. The van der Waals surface area contributed by atoms with Crippen LogP contribution in [-0.4, -0.2) is 20.9 Å². The summed E-state index contributed by atoms with van der Waals surface area (Å²) in [5, 5.41) is 1.10. The molecule has 8 heteroatoms. The Morgan fingerprint density at radius 1 is 1.00 bits per heavy atom. The quantitative estimate of drug-likeness (QED) is 0.476. The molecule has 0 saturated carbocycles. The smallest absolute Gasteiger partial charge is 0.261 e. The van der Waals surface area contributed by atoms with Gasteiger partial charge < -0.3 is 4.90 Å². The first-order valence-corrected chi connectivity index (χ1v) is 12.0. The fourth-order valence-corrected chi connectivity index (χ4v) is 6.10. The van der Waals surface area contributed by atoms with Crippen LogP contribution in [0.15, 0.2) is 70.4 Å². The van der Waals surface area contributed by atoms with Gasteiger partial charge in [0.25, 0.3) is 10.0 Å². The topological polar surface area (TPSA) is 83.6 Å². The largest absolute Gasteiger partial charge is 0.312 e. The molecule has 6 nitrogen and oxygen atoms in total. The maximum atomic E-state index is 13.0. The highest BCUT2D eigenvalue weighted by molar-refractivity contribution is 7.92. The fraction of sp³-hybridized carbons (Fsp3) is 0.130. The first kappa shape index (κ1) is 19.7. The molecule has 1 amide bonds. The van der Waals surface area contributed by atoms with Crippen LogP contribution in [0, 0.1) is 0 Å². The van der Waals surface area contributed by atoms with Gasteiger partial charge in [-0.05, 0) is 60.5 Å². The summed E-state index contributed by atoms with van der Waals surface area (Å²) in [6.45, 7) is 2.04. The van der Waals surface area contributed by atoms with E-state index in [9.17, 15) is 18.0 Å². The maximum Gasteiger partial charge on any atom is 0.261 e. The lowest BCUT2D eigenvalue weighted by atomic mass is 10.2. The van der Waals surface area contributed by atoms with Crippen molar-refractivity contribution in [1.29, 1.82) is 0 Å². The second-order valence-electron chi connectivity index (χ2n) is 7.45. The molecule has 0 saturated heterocycles. The zero-order valence-electron chi connectivity index (χ0n) is 16.6. The van der Waals surface area contributed by atoms with Crippen LogP contribution in [0.4, 0.5) is 11.4 Å². The zero-order valence-corrected chi connectivity index (χ0v) is 18.2. The second kappa shape index (κ2) is 7.18. The van der Waals surface area contributed by atoms with E-state index in [0.717, 1.165) is 20.7 Å².